The number of nitrogens with zero attached hydrogens (tertiary/aromatic N) is 3. The van der Waals surface area contributed by atoms with Gasteiger partial charge in [0.25, 0.3) is 5.82 Å². The molecule has 1 aliphatic rings. The molecule has 2 aromatic heterocycles. The molecule has 0 saturated carbocycles. The van der Waals surface area contributed by atoms with Gasteiger partial charge in [0.1, 0.15) is 0 Å². The Labute approximate surface area is 107 Å². The molecule has 3 nitrogen and oxygen atoms in total. The molecule has 3 rings (SSSR count). The molecule has 2 aromatic rings. The van der Waals surface area contributed by atoms with Crippen LogP contribution < -0.4 is 19.8 Å². The van der Waals surface area contributed by atoms with Crippen molar-refractivity contribution in [2.24, 2.45) is 7.05 Å². The van der Waals surface area contributed by atoms with Gasteiger partial charge in [-0.1, -0.05) is 12.0 Å². The van der Waals surface area contributed by atoms with Gasteiger partial charge in [-0.15, -0.1) is 0 Å². The summed E-state index contributed by atoms with van der Waals surface area (Å²) in [6.45, 7) is 2.52. The number of aryl methyl sites for hydroxylation is 1. The molecule has 0 fully saturated rings. The van der Waals surface area contributed by atoms with E-state index in [1.807, 2.05) is 24.5 Å². The number of rotatable bonds is 1. The number of hydrogen-bond acceptors (Lipinski definition) is 2. The van der Waals surface area contributed by atoms with Crippen molar-refractivity contribution < 1.29 is 4.57 Å². The second kappa shape index (κ2) is 4.29. The van der Waals surface area contributed by atoms with Gasteiger partial charge < -0.3 is 0 Å². The third-order valence-corrected chi connectivity index (χ3v) is 3.32. The molecule has 0 amide bonds. The van der Waals surface area contributed by atoms with Crippen LogP contribution in [0.1, 0.15) is 0 Å². The van der Waals surface area contributed by atoms with Gasteiger partial charge in [-0.25, -0.2) is 4.57 Å². The Balaban J connectivity index is 2.16. The highest BCUT2D eigenvalue weighted by molar-refractivity contribution is 6.76. The molecular weight excluding hydrogens is 221 g/mol. The van der Waals surface area contributed by atoms with E-state index in [0.29, 0.717) is 6.85 Å². The van der Waals surface area contributed by atoms with Gasteiger partial charge in [-0.2, -0.15) is 0 Å². The summed E-state index contributed by atoms with van der Waals surface area (Å²) in [5, 5.41) is 2.42. The van der Waals surface area contributed by atoms with Crippen molar-refractivity contribution in [1.29, 1.82) is 0 Å². The van der Waals surface area contributed by atoms with Gasteiger partial charge in [0.15, 0.2) is 0 Å². The van der Waals surface area contributed by atoms with Crippen LogP contribution in [-0.2, 0) is 7.05 Å². The summed E-state index contributed by atoms with van der Waals surface area (Å²) in [7, 11) is 2.07. The average Bonchev–Trinajstić information content (AvgIpc) is 2.39. The van der Waals surface area contributed by atoms with Crippen molar-refractivity contribution in [1.82, 2.24) is 4.98 Å². The molecule has 0 aromatic carbocycles. The molecule has 0 spiro atoms. The Bertz CT molecular complexity index is 696. The highest BCUT2D eigenvalue weighted by atomic mass is 15.2. The SMILES string of the molecule is CB1C=c2cnccc2=CN1c1cccc[n+]1C. The third kappa shape index (κ3) is 1.80. The smallest absolute Gasteiger partial charge is 0.293 e. The van der Waals surface area contributed by atoms with E-state index in [9.17, 15) is 0 Å². The zero-order chi connectivity index (χ0) is 12.5. The number of pyridine rings is 2. The molecule has 3 heterocycles. The van der Waals surface area contributed by atoms with Crippen LogP contribution >= 0.6 is 0 Å². The zero-order valence-electron chi connectivity index (χ0n) is 10.6. The largest absolute Gasteiger partial charge is 0.402 e. The molecule has 88 valence electrons. The monoisotopic (exact) mass is 236 g/mol. The molecule has 4 heteroatoms. The molecule has 0 atom stereocenters. The lowest BCUT2D eigenvalue weighted by atomic mass is 9.61. The first-order valence-corrected chi connectivity index (χ1v) is 6.12. The predicted molar refractivity (Wildman–Crippen MR) is 74.1 cm³/mol. The van der Waals surface area contributed by atoms with E-state index in [4.69, 9.17) is 0 Å². The fraction of sp³-hybridized carbons (Fsp3) is 0.143. The first-order chi connectivity index (χ1) is 8.75. The van der Waals surface area contributed by atoms with Gasteiger partial charge >= 0.3 is 6.85 Å². The van der Waals surface area contributed by atoms with Gasteiger partial charge in [0, 0.05) is 23.7 Å². The molecule has 18 heavy (non-hydrogen) atoms. The fourth-order valence-corrected chi connectivity index (χ4v) is 2.34. The van der Waals surface area contributed by atoms with Gasteiger partial charge in [-0.05, 0) is 24.2 Å². The van der Waals surface area contributed by atoms with E-state index in [1.54, 1.807) is 0 Å². The summed E-state index contributed by atoms with van der Waals surface area (Å²) >= 11 is 0. The Morgan fingerprint density at radius 3 is 2.94 bits per heavy atom. The lowest BCUT2D eigenvalue weighted by Crippen LogP contribution is -2.47. The maximum atomic E-state index is 4.17. The minimum atomic E-state index is 0.329. The molecule has 0 saturated heterocycles. The fourth-order valence-electron chi connectivity index (χ4n) is 2.34. The molecule has 1 aliphatic heterocycles. The van der Waals surface area contributed by atoms with Gasteiger partial charge in [-0.3, -0.25) is 9.79 Å². The van der Waals surface area contributed by atoms with Crippen LogP contribution in [0.5, 0.6) is 0 Å². The normalized spacial score (nSPS) is 13.7. The lowest BCUT2D eigenvalue weighted by Gasteiger charge is -2.19. The minimum absolute atomic E-state index is 0.329. The van der Waals surface area contributed by atoms with E-state index < -0.39 is 0 Å². The van der Waals surface area contributed by atoms with Gasteiger partial charge in [0.2, 0.25) is 0 Å². The first-order valence-electron chi connectivity index (χ1n) is 6.12. The quantitative estimate of drug-likeness (QED) is 0.517. The van der Waals surface area contributed by atoms with Crippen LogP contribution in [0.2, 0.25) is 6.82 Å². The zero-order valence-corrected chi connectivity index (χ0v) is 10.6. The number of anilines is 1. The predicted octanol–water partition coefficient (Wildman–Crippen LogP) is 0.105. The first kappa shape index (κ1) is 11.0. The van der Waals surface area contributed by atoms with E-state index in [-0.39, 0.29) is 0 Å². The van der Waals surface area contributed by atoms with E-state index in [1.165, 1.54) is 16.3 Å². The highest BCUT2D eigenvalue weighted by Gasteiger charge is 2.26. The second-order valence-corrected chi connectivity index (χ2v) is 4.62. The molecule has 0 aliphatic carbocycles. The van der Waals surface area contributed by atoms with E-state index >= 15 is 0 Å². The maximum Gasteiger partial charge on any atom is 0.402 e. The maximum absolute atomic E-state index is 4.17. The van der Waals surface area contributed by atoms with Crippen LogP contribution in [-0.4, -0.2) is 11.8 Å². The van der Waals surface area contributed by atoms with Crippen LogP contribution in [0.25, 0.3) is 12.2 Å². The summed E-state index contributed by atoms with van der Waals surface area (Å²) in [6.07, 6.45) is 8.02. The second-order valence-electron chi connectivity index (χ2n) is 4.62. The van der Waals surface area contributed by atoms with Crippen LogP contribution in [0.4, 0.5) is 5.82 Å². The van der Waals surface area contributed by atoms with Crippen molar-refractivity contribution in [3.05, 3.63) is 53.3 Å². The third-order valence-electron chi connectivity index (χ3n) is 3.32. The van der Waals surface area contributed by atoms with Crippen molar-refractivity contribution in [3.63, 3.8) is 0 Å². The summed E-state index contributed by atoms with van der Waals surface area (Å²) in [5.74, 6) is 3.43. The minimum Gasteiger partial charge on any atom is -0.293 e. The molecule has 0 unspecified atom stereocenters. The number of fused-ring (bicyclic) bond motifs is 1. The Morgan fingerprint density at radius 1 is 1.22 bits per heavy atom. The topological polar surface area (TPSA) is 20.0 Å². The van der Waals surface area contributed by atoms with E-state index in [2.05, 4.69) is 58.7 Å². The average molecular weight is 236 g/mol. The van der Waals surface area contributed by atoms with Crippen molar-refractivity contribution >= 4 is 24.8 Å². The van der Waals surface area contributed by atoms with Crippen molar-refractivity contribution in [2.45, 2.75) is 6.82 Å². The summed E-state index contributed by atoms with van der Waals surface area (Å²) in [6, 6.07) is 8.29. The molecular formula is C14H15BN3+. The van der Waals surface area contributed by atoms with Gasteiger partial charge in [0.05, 0.1) is 19.4 Å². The Kier molecular flexibility index (Phi) is 2.63. The molecule has 0 bridgehead atoms. The summed E-state index contributed by atoms with van der Waals surface area (Å²) in [5.41, 5.74) is 0. The molecule has 0 radical (unpaired) electrons. The molecule has 0 N–H and O–H groups in total. The number of hydrogen-bond donors (Lipinski definition) is 0. The summed E-state index contributed by atoms with van der Waals surface area (Å²) < 4.78 is 2.13. The van der Waals surface area contributed by atoms with Crippen molar-refractivity contribution in [2.75, 3.05) is 4.81 Å². The van der Waals surface area contributed by atoms with Crippen LogP contribution in [0.15, 0.2) is 42.9 Å². The lowest BCUT2D eigenvalue weighted by molar-refractivity contribution is -0.658. The van der Waals surface area contributed by atoms with Crippen LogP contribution in [0.3, 0.4) is 0 Å². The van der Waals surface area contributed by atoms with Crippen molar-refractivity contribution in [3.8, 4) is 0 Å². The Hall–Kier alpha value is -2.10. The highest BCUT2D eigenvalue weighted by Crippen LogP contribution is 2.11. The summed E-state index contributed by atoms with van der Waals surface area (Å²) in [4.78, 5) is 6.45. The standard InChI is InChI=1S/C14H15BN3/c1-15-9-13-10-16-7-6-12(13)11-18(15)14-5-3-4-8-17(14)2/h3-11H,1-2H3/q+1. The Morgan fingerprint density at radius 2 is 2.11 bits per heavy atom. The number of aromatic nitrogens is 2. The van der Waals surface area contributed by atoms with Crippen LogP contribution in [0, 0.1) is 0 Å². The van der Waals surface area contributed by atoms with E-state index in [0.717, 1.165) is 0 Å².